The van der Waals surface area contributed by atoms with E-state index in [1.165, 1.54) is 18.3 Å². The molecule has 3 N–H and O–H groups in total. The summed E-state index contributed by atoms with van der Waals surface area (Å²) in [4.78, 5) is 3.93. The standard InChI is InChI=1S/C15H21F2N5OS/c1-23-7-6-21-2-4-22(5-3-21)14-12(16)8-11(9-13(14)17)10-19-20-15(18)24/h8-10H,2-7H2,1H3,(H3,18,20,24)/b19-10+. The SMILES string of the molecule is COCCN1CCN(c2c(F)cc(/C=N/NC(N)=S)cc2F)CC1. The molecule has 1 saturated heterocycles. The fourth-order valence-corrected chi connectivity index (χ4v) is 2.60. The van der Waals surface area contributed by atoms with E-state index in [0.717, 1.165) is 19.6 Å². The normalized spacial score (nSPS) is 15.9. The number of hydrazone groups is 1. The third-order valence-corrected chi connectivity index (χ3v) is 3.82. The van der Waals surface area contributed by atoms with Gasteiger partial charge in [-0.1, -0.05) is 0 Å². The molecule has 1 fully saturated rings. The predicted molar refractivity (Wildman–Crippen MR) is 94.4 cm³/mol. The summed E-state index contributed by atoms with van der Waals surface area (Å²) in [6.45, 7) is 4.08. The van der Waals surface area contributed by atoms with Crippen LogP contribution in [0, 0.1) is 11.6 Å². The van der Waals surface area contributed by atoms with E-state index in [4.69, 9.17) is 10.5 Å². The van der Waals surface area contributed by atoms with Crippen molar-refractivity contribution in [3.8, 4) is 0 Å². The zero-order valence-corrected chi connectivity index (χ0v) is 14.3. The molecule has 9 heteroatoms. The summed E-state index contributed by atoms with van der Waals surface area (Å²) in [5.74, 6) is -1.23. The molecule has 0 radical (unpaired) electrons. The molecule has 0 saturated carbocycles. The Morgan fingerprint density at radius 2 is 1.96 bits per heavy atom. The van der Waals surface area contributed by atoms with Gasteiger partial charge < -0.3 is 15.4 Å². The third-order valence-electron chi connectivity index (χ3n) is 3.73. The highest BCUT2D eigenvalue weighted by Crippen LogP contribution is 2.25. The van der Waals surface area contributed by atoms with Gasteiger partial charge in [-0.2, -0.15) is 5.10 Å². The van der Waals surface area contributed by atoms with E-state index >= 15 is 0 Å². The molecule has 1 heterocycles. The average Bonchev–Trinajstić information content (AvgIpc) is 2.53. The van der Waals surface area contributed by atoms with E-state index in [1.807, 2.05) is 0 Å². The Morgan fingerprint density at radius 1 is 1.33 bits per heavy atom. The summed E-state index contributed by atoms with van der Waals surface area (Å²) in [5, 5.41) is 3.68. The zero-order chi connectivity index (χ0) is 17.5. The zero-order valence-electron chi connectivity index (χ0n) is 13.5. The Labute approximate surface area is 145 Å². The van der Waals surface area contributed by atoms with Crippen LogP contribution in [0.3, 0.4) is 0 Å². The van der Waals surface area contributed by atoms with E-state index in [1.54, 1.807) is 12.0 Å². The molecule has 1 aliphatic rings. The van der Waals surface area contributed by atoms with Crippen molar-refractivity contribution in [1.82, 2.24) is 10.3 Å². The fourth-order valence-electron chi connectivity index (χ4n) is 2.55. The Balaban J connectivity index is 2.04. The van der Waals surface area contributed by atoms with Gasteiger partial charge in [0.1, 0.15) is 17.3 Å². The van der Waals surface area contributed by atoms with E-state index in [2.05, 4.69) is 27.6 Å². The van der Waals surface area contributed by atoms with E-state index in [-0.39, 0.29) is 16.4 Å². The molecule has 0 bridgehead atoms. The molecular weight excluding hydrogens is 336 g/mol. The number of ether oxygens (including phenoxy) is 1. The first kappa shape index (κ1) is 18.5. The van der Waals surface area contributed by atoms with Gasteiger partial charge >= 0.3 is 0 Å². The molecular formula is C15H21F2N5OS. The van der Waals surface area contributed by atoms with Gasteiger partial charge in [0.2, 0.25) is 0 Å². The number of piperazine rings is 1. The summed E-state index contributed by atoms with van der Waals surface area (Å²) < 4.78 is 33.7. The van der Waals surface area contributed by atoms with Crippen LogP contribution in [-0.4, -0.2) is 62.7 Å². The van der Waals surface area contributed by atoms with Crippen LogP contribution in [0.5, 0.6) is 0 Å². The largest absolute Gasteiger partial charge is 0.383 e. The predicted octanol–water partition coefficient (Wildman–Crippen LogP) is 0.900. The Bertz CT molecular complexity index is 583. The lowest BCUT2D eigenvalue weighted by atomic mass is 10.1. The maximum absolute atomic E-state index is 14.3. The molecule has 0 unspecified atom stereocenters. The van der Waals surface area contributed by atoms with Crippen molar-refractivity contribution in [2.24, 2.45) is 10.8 Å². The second kappa shape index (κ2) is 8.86. The van der Waals surface area contributed by atoms with Crippen molar-refractivity contribution >= 4 is 29.2 Å². The lowest BCUT2D eigenvalue weighted by molar-refractivity contribution is 0.143. The van der Waals surface area contributed by atoms with Crippen LogP contribution in [0.4, 0.5) is 14.5 Å². The number of benzene rings is 1. The van der Waals surface area contributed by atoms with Gasteiger partial charge in [-0.3, -0.25) is 10.3 Å². The minimum Gasteiger partial charge on any atom is -0.383 e. The molecule has 0 amide bonds. The van der Waals surface area contributed by atoms with Crippen LogP contribution in [-0.2, 0) is 4.74 Å². The molecule has 6 nitrogen and oxygen atoms in total. The number of nitrogens with zero attached hydrogens (tertiary/aromatic N) is 3. The van der Waals surface area contributed by atoms with Gasteiger partial charge in [0.25, 0.3) is 0 Å². The Morgan fingerprint density at radius 3 is 2.50 bits per heavy atom. The van der Waals surface area contributed by atoms with Crippen molar-refractivity contribution in [1.29, 1.82) is 0 Å². The van der Waals surface area contributed by atoms with Crippen molar-refractivity contribution in [3.63, 3.8) is 0 Å². The number of nitrogens with two attached hydrogens (primary N) is 1. The molecule has 2 rings (SSSR count). The summed E-state index contributed by atoms with van der Waals surface area (Å²) in [6, 6.07) is 2.47. The first-order chi connectivity index (χ1) is 11.5. The van der Waals surface area contributed by atoms with Gasteiger partial charge in [0.15, 0.2) is 5.11 Å². The molecule has 1 aliphatic heterocycles. The van der Waals surface area contributed by atoms with Gasteiger partial charge in [-0.25, -0.2) is 8.78 Å². The first-order valence-electron chi connectivity index (χ1n) is 7.55. The number of hydrogen-bond donors (Lipinski definition) is 2. The lowest BCUT2D eigenvalue weighted by Gasteiger charge is -2.36. The number of rotatable bonds is 6. The van der Waals surface area contributed by atoms with E-state index in [9.17, 15) is 8.78 Å². The van der Waals surface area contributed by atoms with Crippen molar-refractivity contribution in [2.75, 3.05) is 51.3 Å². The molecule has 1 aromatic carbocycles. The van der Waals surface area contributed by atoms with Crippen LogP contribution >= 0.6 is 12.2 Å². The number of halogens is 2. The summed E-state index contributed by atoms with van der Waals surface area (Å²) in [6.07, 6.45) is 1.26. The van der Waals surface area contributed by atoms with Crippen molar-refractivity contribution in [3.05, 3.63) is 29.3 Å². The highest BCUT2D eigenvalue weighted by atomic mass is 32.1. The summed E-state index contributed by atoms with van der Waals surface area (Å²) in [5.41, 5.74) is 7.85. The fraction of sp³-hybridized carbons (Fsp3) is 0.467. The second-order valence-corrected chi connectivity index (χ2v) is 5.83. The van der Waals surface area contributed by atoms with Crippen LogP contribution in [0.1, 0.15) is 5.56 Å². The first-order valence-corrected chi connectivity index (χ1v) is 7.96. The van der Waals surface area contributed by atoms with Crippen LogP contribution in [0.25, 0.3) is 0 Å². The molecule has 0 spiro atoms. The Kier molecular flexibility index (Phi) is 6.83. The quantitative estimate of drug-likeness (QED) is 0.448. The number of methoxy groups -OCH3 is 1. The highest BCUT2D eigenvalue weighted by Gasteiger charge is 2.22. The summed E-state index contributed by atoms with van der Waals surface area (Å²) >= 11 is 4.59. The lowest BCUT2D eigenvalue weighted by Crippen LogP contribution is -2.47. The monoisotopic (exact) mass is 357 g/mol. The van der Waals surface area contributed by atoms with Crippen LogP contribution in [0.2, 0.25) is 0 Å². The highest BCUT2D eigenvalue weighted by molar-refractivity contribution is 7.80. The number of anilines is 1. The van der Waals surface area contributed by atoms with Crippen LogP contribution in [0.15, 0.2) is 17.2 Å². The molecule has 1 aromatic rings. The van der Waals surface area contributed by atoms with E-state index < -0.39 is 11.6 Å². The van der Waals surface area contributed by atoms with Crippen LogP contribution < -0.4 is 16.1 Å². The minimum absolute atomic E-state index is 0.000784. The Hall–Kier alpha value is -1.84. The van der Waals surface area contributed by atoms with Gasteiger partial charge in [0, 0.05) is 45.4 Å². The average molecular weight is 357 g/mol. The third kappa shape index (κ3) is 5.08. The van der Waals surface area contributed by atoms with Gasteiger partial charge in [0.05, 0.1) is 12.8 Å². The number of thiocarbonyl (C=S) groups is 1. The molecule has 0 aromatic heterocycles. The molecule has 24 heavy (non-hydrogen) atoms. The number of nitrogens with one attached hydrogen (secondary N) is 1. The maximum Gasteiger partial charge on any atom is 0.184 e. The second-order valence-electron chi connectivity index (χ2n) is 5.39. The maximum atomic E-state index is 14.3. The molecule has 0 atom stereocenters. The number of hydrogen-bond acceptors (Lipinski definition) is 5. The van der Waals surface area contributed by atoms with E-state index in [0.29, 0.717) is 19.7 Å². The van der Waals surface area contributed by atoms with Gasteiger partial charge in [-0.05, 0) is 24.4 Å². The summed E-state index contributed by atoms with van der Waals surface area (Å²) in [7, 11) is 1.66. The van der Waals surface area contributed by atoms with Crippen molar-refractivity contribution < 1.29 is 13.5 Å². The topological polar surface area (TPSA) is 66.1 Å². The minimum atomic E-state index is -0.614. The molecule has 132 valence electrons. The van der Waals surface area contributed by atoms with Crippen molar-refractivity contribution in [2.45, 2.75) is 0 Å². The van der Waals surface area contributed by atoms with Gasteiger partial charge in [-0.15, -0.1) is 0 Å². The molecule has 0 aliphatic carbocycles. The smallest absolute Gasteiger partial charge is 0.184 e.